The molecule has 0 aliphatic rings. The molecule has 0 aromatic heterocycles. The van der Waals surface area contributed by atoms with Crippen LogP contribution in [0.15, 0.2) is 24.3 Å². The first-order valence-corrected chi connectivity index (χ1v) is 6.41. The number of benzene rings is 1. The van der Waals surface area contributed by atoms with Crippen LogP contribution in [0.4, 0.5) is 0 Å². The van der Waals surface area contributed by atoms with Crippen molar-refractivity contribution in [3.05, 3.63) is 34.9 Å². The van der Waals surface area contributed by atoms with Crippen LogP contribution in [0.5, 0.6) is 0 Å². The topological polar surface area (TPSA) is 23.5 Å². The van der Waals surface area contributed by atoms with Gasteiger partial charge in [0.15, 0.2) is 0 Å². The van der Waals surface area contributed by atoms with Crippen LogP contribution in [-0.2, 0) is 0 Å². The summed E-state index contributed by atoms with van der Waals surface area (Å²) in [5.74, 6) is 0. The van der Waals surface area contributed by atoms with Gasteiger partial charge in [-0.2, -0.15) is 0 Å². The van der Waals surface area contributed by atoms with Crippen LogP contribution in [0.3, 0.4) is 0 Å². The van der Waals surface area contributed by atoms with E-state index in [0.29, 0.717) is 6.54 Å². The van der Waals surface area contributed by atoms with E-state index < -0.39 is 5.60 Å². The molecule has 0 heterocycles. The monoisotopic (exact) mass is 255 g/mol. The molecule has 2 unspecified atom stereocenters. The first-order valence-electron chi connectivity index (χ1n) is 6.04. The van der Waals surface area contributed by atoms with Crippen molar-refractivity contribution in [1.29, 1.82) is 0 Å². The summed E-state index contributed by atoms with van der Waals surface area (Å²) in [6.07, 6.45) is 0.755. The Hall–Kier alpha value is -0.570. The van der Waals surface area contributed by atoms with E-state index in [1.807, 2.05) is 45.2 Å². The van der Waals surface area contributed by atoms with Crippen LogP contribution in [0.2, 0.25) is 5.02 Å². The second kappa shape index (κ2) is 5.85. The van der Waals surface area contributed by atoms with Crippen LogP contribution in [0.25, 0.3) is 0 Å². The number of hydrogen-bond acceptors (Lipinski definition) is 2. The molecule has 3 heteroatoms. The molecular weight excluding hydrogens is 234 g/mol. The van der Waals surface area contributed by atoms with Gasteiger partial charge in [-0.05, 0) is 45.0 Å². The molecule has 0 radical (unpaired) electrons. The van der Waals surface area contributed by atoms with Crippen LogP contribution < -0.4 is 0 Å². The zero-order valence-electron chi connectivity index (χ0n) is 11.1. The SMILES string of the molecule is CCC(C)(O)CN(C)C(C)c1ccc(Cl)cc1. The van der Waals surface area contributed by atoms with Crippen LogP contribution >= 0.6 is 11.6 Å². The van der Waals surface area contributed by atoms with Crippen LogP contribution in [0, 0.1) is 0 Å². The predicted molar refractivity (Wildman–Crippen MR) is 73.4 cm³/mol. The van der Waals surface area contributed by atoms with Crippen LogP contribution in [-0.4, -0.2) is 29.2 Å². The highest BCUT2D eigenvalue weighted by Gasteiger charge is 2.23. The molecular formula is C14H22ClNO. The number of likely N-dealkylation sites (N-methyl/N-ethyl adjacent to an activating group) is 1. The van der Waals surface area contributed by atoms with Crippen molar-refractivity contribution in [1.82, 2.24) is 4.90 Å². The molecule has 0 saturated heterocycles. The van der Waals surface area contributed by atoms with E-state index in [1.54, 1.807) is 0 Å². The zero-order chi connectivity index (χ0) is 13.1. The average molecular weight is 256 g/mol. The summed E-state index contributed by atoms with van der Waals surface area (Å²) < 4.78 is 0. The summed E-state index contributed by atoms with van der Waals surface area (Å²) in [4.78, 5) is 2.16. The van der Waals surface area contributed by atoms with Gasteiger partial charge in [-0.3, -0.25) is 4.90 Å². The lowest BCUT2D eigenvalue weighted by Gasteiger charge is -2.32. The van der Waals surface area contributed by atoms with Crippen molar-refractivity contribution in [2.24, 2.45) is 0 Å². The first-order chi connectivity index (χ1) is 7.85. The van der Waals surface area contributed by atoms with Crippen LogP contribution in [0.1, 0.15) is 38.8 Å². The van der Waals surface area contributed by atoms with Gasteiger partial charge in [-0.15, -0.1) is 0 Å². The van der Waals surface area contributed by atoms with Crippen molar-refractivity contribution in [3.8, 4) is 0 Å². The van der Waals surface area contributed by atoms with Gasteiger partial charge in [0.05, 0.1) is 5.60 Å². The highest BCUT2D eigenvalue weighted by atomic mass is 35.5. The molecule has 0 fully saturated rings. The molecule has 0 amide bonds. The molecule has 0 bridgehead atoms. The number of nitrogens with zero attached hydrogens (tertiary/aromatic N) is 1. The van der Waals surface area contributed by atoms with E-state index in [1.165, 1.54) is 5.56 Å². The summed E-state index contributed by atoms with van der Waals surface area (Å²) in [5.41, 5.74) is 0.582. The molecule has 2 nitrogen and oxygen atoms in total. The Morgan fingerprint density at radius 3 is 2.35 bits per heavy atom. The number of aliphatic hydroxyl groups is 1. The van der Waals surface area contributed by atoms with Gasteiger partial charge in [-0.1, -0.05) is 30.7 Å². The minimum atomic E-state index is -0.630. The van der Waals surface area contributed by atoms with Gasteiger partial charge in [0.25, 0.3) is 0 Å². The maximum atomic E-state index is 10.1. The summed E-state index contributed by atoms with van der Waals surface area (Å²) in [6.45, 7) is 6.67. The standard InChI is InChI=1S/C14H22ClNO/c1-5-14(3,17)10-16(4)11(2)12-6-8-13(15)9-7-12/h6-9,11,17H,5,10H2,1-4H3. The molecule has 1 aromatic rings. The molecule has 0 aliphatic heterocycles. The normalized spacial score (nSPS) is 16.9. The third-order valence-corrected chi connectivity index (χ3v) is 3.62. The van der Waals surface area contributed by atoms with Gasteiger partial charge in [0.2, 0.25) is 0 Å². The molecule has 17 heavy (non-hydrogen) atoms. The molecule has 0 aliphatic carbocycles. The quantitative estimate of drug-likeness (QED) is 0.871. The lowest BCUT2D eigenvalue weighted by molar-refractivity contribution is 0.0139. The number of hydrogen-bond donors (Lipinski definition) is 1. The Bertz CT molecular complexity index is 348. The molecule has 1 aromatic carbocycles. The van der Waals surface area contributed by atoms with Crippen molar-refractivity contribution in [2.75, 3.05) is 13.6 Å². The van der Waals surface area contributed by atoms with Gasteiger partial charge in [0.1, 0.15) is 0 Å². The van der Waals surface area contributed by atoms with E-state index >= 15 is 0 Å². The lowest BCUT2D eigenvalue weighted by Crippen LogP contribution is -2.39. The Morgan fingerprint density at radius 2 is 1.88 bits per heavy atom. The minimum absolute atomic E-state index is 0.269. The average Bonchev–Trinajstić information content (AvgIpc) is 2.28. The largest absolute Gasteiger partial charge is 0.389 e. The second-order valence-corrected chi connectivity index (χ2v) is 5.43. The predicted octanol–water partition coefficient (Wildman–Crippen LogP) is 3.49. The van der Waals surface area contributed by atoms with Gasteiger partial charge in [-0.25, -0.2) is 0 Å². The first kappa shape index (κ1) is 14.5. The molecule has 2 atom stereocenters. The zero-order valence-corrected chi connectivity index (χ0v) is 11.8. The van der Waals surface area contributed by atoms with Gasteiger partial charge < -0.3 is 5.11 Å². The van der Waals surface area contributed by atoms with Crippen molar-refractivity contribution >= 4 is 11.6 Å². The summed E-state index contributed by atoms with van der Waals surface area (Å²) >= 11 is 5.87. The number of halogens is 1. The Labute approximate surface area is 109 Å². The fourth-order valence-electron chi connectivity index (χ4n) is 1.78. The van der Waals surface area contributed by atoms with Crippen molar-refractivity contribution < 1.29 is 5.11 Å². The van der Waals surface area contributed by atoms with E-state index in [9.17, 15) is 5.11 Å². The third-order valence-electron chi connectivity index (χ3n) is 3.37. The Balaban J connectivity index is 2.69. The highest BCUT2D eigenvalue weighted by Crippen LogP contribution is 2.23. The Morgan fingerprint density at radius 1 is 1.35 bits per heavy atom. The smallest absolute Gasteiger partial charge is 0.0743 e. The lowest BCUT2D eigenvalue weighted by atomic mass is 10.0. The molecule has 1 rings (SSSR count). The highest BCUT2D eigenvalue weighted by molar-refractivity contribution is 6.30. The third kappa shape index (κ3) is 4.30. The van der Waals surface area contributed by atoms with Gasteiger partial charge >= 0.3 is 0 Å². The maximum absolute atomic E-state index is 10.1. The van der Waals surface area contributed by atoms with E-state index in [-0.39, 0.29) is 6.04 Å². The van der Waals surface area contributed by atoms with E-state index in [2.05, 4.69) is 11.8 Å². The molecule has 0 spiro atoms. The molecule has 1 N–H and O–H groups in total. The van der Waals surface area contributed by atoms with E-state index in [4.69, 9.17) is 11.6 Å². The molecule has 0 saturated carbocycles. The van der Waals surface area contributed by atoms with Gasteiger partial charge in [0, 0.05) is 17.6 Å². The minimum Gasteiger partial charge on any atom is -0.389 e. The summed E-state index contributed by atoms with van der Waals surface area (Å²) in [7, 11) is 2.03. The maximum Gasteiger partial charge on any atom is 0.0743 e. The summed E-state index contributed by atoms with van der Waals surface area (Å²) in [5, 5.41) is 10.8. The summed E-state index contributed by atoms with van der Waals surface area (Å²) in [6, 6.07) is 8.14. The fourth-order valence-corrected chi connectivity index (χ4v) is 1.91. The van der Waals surface area contributed by atoms with Crippen molar-refractivity contribution in [3.63, 3.8) is 0 Å². The van der Waals surface area contributed by atoms with Crippen molar-refractivity contribution in [2.45, 2.75) is 38.8 Å². The fraction of sp³-hybridized carbons (Fsp3) is 0.571. The second-order valence-electron chi connectivity index (χ2n) is 4.99. The Kier molecular flexibility index (Phi) is 4.99. The van der Waals surface area contributed by atoms with E-state index in [0.717, 1.165) is 11.4 Å². The molecule has 96 valence electrons. The number of rotatable bonds is 5.